The summed E-state index contributed by atoms with van der Waals surface area (Å²) in [7, 11) is 0. The molecule has 0 radical (unpaired) electrons. The van der Waals surface area contributed by atoms with Crippen LogP contribution in [0, 0.1) is 0 Å². The van der Waals surface area contributed by atoms with Crippen LogP contribution in [0.2, 0.25) is 0 Å². The number of nitrogens with two attached hydrogens (primary N) is 1. The molecule has 1 heterocycles. The number of aryl methyl sites for hydroxylation is 1. The monoisotopic (exact) mass is 334 g/mol. The molecule has 0 unspecified atom stereocenters. The lowest BCUT2D eigenvalue weighted by Crippen LogP contribution is -2.35. The van der Waals surface area contributed by atoms with Gasteiger partial charge >= 0.3 is 0 Å². The van der Waals surface area contributed by atoms with Crippen molar-refractivity contribution in [2.45, 2.75) is 32.2 Å². The third-order valence-electron chi connectivity index (χ3n) is 4.16. The van der Waals surface area contributed by atoms with E-state index >= 15 is 0 Å². The molecule has 124 valence electrons. The molecular formula is C17H23ClN4O. The van der Waals surface area contributed by atoms with Gasteiger partial charge in [-0.1, -0.05) is 30.3 Å². The normalized spacial score (nSPS) is 13.1. The van der Waals surface area contributed by atoms with Gasteiger partial charge in [-0.05, 0) is 31.2 Å². The Hall–Kier alpha value is -1.85. The van der Waals surface area contributed by atoms with Crippen molar-refractivity contribution in [2.24, 2.45) is 5.73 Å². The molecule has 0 fully saturated rings. The minimum Gasteiger partial charge on any atom is -0.332 e. The zero-order valence-electron chi connectivity index (χ0n) is 13.1. The molecule has 0 spiro atoms. The van der Waals surface area contributed by atoms with Gasteiger partial charge in [-0.15, -0.1) is 12.4 Å². The van der Waals surface area contributed by atoms with Crippen LogP contribution >= 0.6 is 12.4 Å². The first-order valence-electron chi connectivity index (χ1n) is 7.89. The third-order valence-corrected chi connectivity index (χ3v) is 4.16. The first-order chi connectivity index (χ1) is 10.8. The topological polar surface area (TPSA) is 75.0 Å². The Kier molecular flexibility index (Phi) is 6.19. The molecule has 2 aromatic rings. The van der Waals surface area contributed by atoms with E-state index in [1.807, 2.05) is 30.3 Å². The zero-order valence-corrected chi connectivity index (χ0v) is 13.9. The van der Waals surface area contributed by atoms with Crippen molar-refractivity contribution < 1.29 is 4.79 Å². The molecule has 0 saturated carbocycles. The highest BCUT2D eigenvalue weighted by Crippen LogP contribution is 2.23. The van der Waals surface area contributed by atoms with Gasteiger partial charge < -0.3 is 10.6 Å². The molecule has 0 aliphatic heterocycles. The molecule has 3 N–H and O–H groups in total. The second kappa shape index (κ2) is 8.13. The number of hydrogen-bond acceptors (Lipinski definition) is 3. The number of fused-ring (bicyclic) bond motifs is 1. The zero-order chi connectivity index (χ0) is 15.4. The molecule has 3 rings (SSSR count). The number of nitrogens with zero attached hydrogens (tertiary/aromatic N) is 2. The van der Waals surface area contributed by atoms with Crippen LogP contribution in [0.4, 0.5) is 0 Å². The summed E-state index contributed by atoms with van der Waals surface area (Å²) in [4.78, 5) is 14.7. The number of amides is 1. The van der Waals surface area contributed by atoms with E-state index in [1.165, 1.54) is 6.42 Å². The van der Waals surface area contributed by atoms with E-state index in [-0.39, 0.29) is 18.3 Å². The van der Waals surface area contributed by atoms with Crippen molar-refractivity contribution in [2.75, 3.05) is 13.1 Å². The van der Waals surface area contributed by atoms with Gasteiger partial charge in [0.05, 0.1) is 0 Å². The number of halogens is 1. The fourth-order valence-corrected chi connectivity index (χ4v) is 3.02. The largest absolute Gasteiger partial charge is 0.332 e. The van der Waals surface area contributed by atoms with Crippen LogP contribution in [-0.2, 0) is 19.4 Å². The van der Waals surface area contributed by atoms with Gasteiger partial charge in [0.25, 0.3) is 5.91 Å². The van der Waals surface area contributed by atoms with Gasteiger partial charge in [0.15, 0.2) is 5.69 Å². The summed E-state index contributed by atoms with van der Waals surface area (Å²) in [6.45, 7) is 1.55. The van der Waals surface area contributed by atoms with Gasteiger partial charge in [0.2, 0.25) is 0 Å². The van der Waals surface area contributed by atoms with Gasteiger partial charge in [-0.25, -0.2) is 0 Å². The number of nitrogens with one attached hydrogen (secondary N) is 1. The summed E-state index contributed by atoms with van der Waals surface area (Å²) < 4.78 is 0. The van der Waals surface area contributed by atoms with Crippen LogP contribution in [0.1, 0.15) is 40.2 Å². The van der Waals surface area contributed by atoms with Crippen LogP contribution in [-0.4, -0.2) is 34.1 Å². The van der Waals surface area contributed by atoms with Crippen molar-refractivity contribution in [1.29, 1.82) is 0 Å². The van der Waals surface area contributed by atoms with E-state index in [2.05, 4.69) is 10.2 Å². The number of aromatic nitrogens is 2. The lowest BCUT2D eigenvalue weighted by molar-refractivity contribution is 0.0741. The Bertz CT molecular complexity index is 641. The highest BCUT2D eigenvalue weighted by molar-refractivity contribution is 5.94. The standard InChI is InChI=1S/C17H22N4O.ClH/c18-10-11-21(12-13-6-2-1-3-7-13)17(22)16-14-8-4-5-9-15(14)19-20-16;/h1-3,6-7H,4-5,8-12,18H2,(H,19,20);1H. The van der Waals surface area contributed by atoms with Gasteiger partial charge in [-0.2, -0.15) is 5.10 Å². The minimum atomic E-state index is -0.0197. The van der Waals surface area contributed by atoms with Crippen LogP contribution in [0.25, 0.3) is 0 Å². The average molecular weight is 335 g/mol. The first-order valence-corrected chi connectivity index (χ1v) is 7.89. The Morgan fingerprint density at radius 1 is 1.22 bits per heavy atom. The van der Waals surface area contributed by atoms with Crippen molar-refractivity contribution in [1.82, 2.24) is 15.1 Å². The predicted molar refractivity (Wildman–Crippen MR) is 92.7 cm³/mol. The number of rotatable bonds is 5. The quantitative estimate of drug-likeness (QED) is 0.881. The molecule has 1 aliphatic rings. The molecule has 0 bridgehead atoms. The van der Waals surface area contributed by atoms with Crippen molar-refractivity contribution in [3.05, 3.63) is 52.8 Å². The smallest absolute Gasteiger partial charge is 0.274 e. The number of benzene rings is 1. The van der Waals surface area contributed by atoms with E-state index in [1.54, 1.807) is 4.90 Å². The maximum Gasteiger partial charge on any atom is 0.274 e. The van der Waals surface area contributed by atoms with Gasteiger partial charge in [0.1, 0.15) is 0 Å². The van der Waals surface area contributed by atoms with E-state index in [9.17, 15) is 4.79 Å². The molecule has 0 saturated heterocycles. The average Bonchev–Trinajstić information content (AvgIpc) is 2.99. The first kappa shape index (κ1) is 17.5. The van der Waals surface area contributed by atoms with Crippen molar-refractivity contribution in [3.8, 4) is 0 Å². The van der Waals surface area contributed by atoms with Crippen LogP contribution < -0.4 is 5.73 Å². The molecule has 0 atom stereocenters. The Morgan fingerprint density at radius 3 is 2.70 bits per heavy atom. The third kappa shape index (κ3) is 3.92. The van der Waals surface area contributed by atoms with E-state index in [4.69, 9.17) is 5.73 Å². The maximum absolute atomic E-state index is 12.9. The summed E-state index contributed by atoms with van der Waals surface area (Å²) in [6.07, 6.45) is 4.22. The summed E-state index contributed by atoms with van der Waals surface area (Å²) in [6, 6.07) is 9.99. The fourth-order valence-electron chi connectivity index (χ4n) is 3.02. The lowest BCUT2D eigenvalue weighted by Gasteiger charge is -2.22. The van der Waals surface area contributed by atoms with Crippen molar-refractivity contribution >= 4 is 18.3 Å². The van der Waals surface area contributed by atoms with Crippen LogP contribution in [0.5, 0.6) is 0 Å². The van der Waals surface area contributed by atoms with E-state index in [0.717, 1.165) is 36.1 Å². The lowest BCUT2D eigenvalue weighted by atomic mass is 9.95. The number of H-pyrrole nitrogens is 1. The summed E-state index contributed by atoms with van der Waals surface area (Å²) in [5.41, 5.74) is 9.61. The van der Waals surface area contributed by atoms with E-state index < -0.39 is 0 Å². The molecule has 1 amide bonds. The summed E-state index contributed by atoms with van der Waals surface area (Å²) >= 11 is 0. The van der Waals surface area contributed by atoms with Gasteiger partial charge in [-0.3, -0.25) is 9.89 Å². The molecule has 1 aromatic carbocycles. The summed E-state index contributed by atoms with van der Waals surface area (Å²) in [5.74, 6) is -0.0197. The highest BCUT2D eigenvalue weighted by atomic mass is 35.5. The van der Waals surface area contributed by atoms with Crippen molar-refractivity contribution in [3.63, 3.8) is 0 Å². The second-order valence-electron chi connectivity index (χ2n) is 5.74. The van der Waals surface area contributed by atoms with Crippen LogP contribution in [0.3, 0.4) is 0 Å². The molecule has 1 aliphatic carbocycles. The molecule has 1 aromatic heterocycles. The molecular weight excluding hydrogens is 312 g/mol. The number of carbonyl (C=O) groups excluding carboxylic acids is 1. The maximum atomic E-state index is 12.9. The van der Waals surface area contributed by atoms with Crippen LogP contribution in [0.15, 0.2) is 30.3 Å². The molecule has 23 heavy (non-hydrogen) atoms. The number of aromatic amines is 1. The fraction of sp³-hybridized carbons (Fsp3) is 0.412. The molecule has 6 heteroatoms. The molecule has 5 nitrogen and oxygen atoms in total. The minimum absolute atomic E-state index is 0. The highest BCUT2D eigenvalue weighted by Gasteiger charge is 2.25. The number of carbonyl (C=O) groups is 1. The number of hydrogen-bond donors (Lipinski definition) is 2. The predicted octanol–water partition coefficient (Wildman–Crippen LogP) is 2.31. The Morgan fingerprint density at radius 2 is 1.96 bits per heavy atom. The second-order valence-corrected chi connectivity index (χ2v) is 5.74. The Labute approximate surface area is 142 Å². The Balaban J connectivity index is 0.00000192. The SMILES string of the molecule is Cl.NCCN(Cc1ccccc1)C(=O)c1n[nH]c2c1CCCC2. The summed E-state index contributed by atoms with van der Waals surface area (Å²) in [5, 5.41) is 7.32. The van der Waals surface area contributed by atoms with E-state index in [0.29, 0.717) is 25.3 Å². The van der Waals surface area contributed by atoms with Gasteiger partial charge in [0, 0.05) is 30.9 Å².